The Morgan fingerprint density at radius 1 is 1.14 bits per heavy atom. The first kappa shape index (κ1) is 12.9. The molecule has 0 bridgehead atoms. The Morgan fingerprint density at radius 2 is 1.95 bits per heavy atom. The van der Waals surface area contributed by atoms with E-state index in [0.29, 0.717) is 16.9 Å². The number of rotatable bonds is 3. The van der Waals surface area contributed by atoms with Crippen LogP contribution in [0.2, 0.25) is 0 Å². The Kier molecular flexibility index (Phi) is 3.38. The van der Waals surface area contributed by atoms with E-state index in [1.807, 2.05) is 0 Å². The van der Waals surface area contributed by atoms with Gasteiger partial charge in [-0.15, -0.1) is 5.10 Å². The van der Waals surface area contributed by atoms with Crippen molar-refractivity contribution in [3.05, 3.63) is 66.2 Å². The first-order valence-electron chi connectivity index (χ1n) is 6.13. The minimum atomic E-state index is -0.353. The van der Waals surface area contributed by atoms with Crippen LogP contribution in [0.1, 0.15) is 10.4 Å². The molecule has 1 N–H and O–H groups in total. The van der Waals surface area contributed by atoms with Crippen molar-refractivity contribution in [1.82, 2.24) is 20.2 Å². The molecule has 0 aliphatic heterocycles. The fourth-order valence-corrected chi connectivity index (χ4v) is 1.81. The topological polar surface area (TPSA) is 72.7 Å². The maximum Gasteiger partial charge on any atom is 0.255 e. The predicted octanol–water partition coefficient (Wildman–Crippen LogP) is 2.05. The third kappa shape index (κ3) is 2.92. The molecule has 2 aromatic carbocycles. The van der Waals surface area contributed by atoms with Crippen LogP contribution in [-0.2, 0) is 0 Å². The van der Waals surface area contributed by atoms with Crippen LogP contribution in [0.25, 0.3) is 5.69 Å². The average molecular weight is 283 g/mol. The van der Waals surface area contributed by atoms with Gasteiger partial charge in [-0.25, -0.2) is 9.07 Å². The second-order valence-corrected chi connectivity index (χ2v) is 4.27. The molecule has 0 saturated heterocycles. The molecule has 0 saturated carbocycles. The fraction of sp³-hybridized carbons (Fsp3) is 0. The van der Waals surface area contributed by atoms with Crippen molar-refractivity contribution in [3.8, 4) is 5.69 Å². The molecule has 0 aliphatic carbocycles. The molecule has 0 radical (unpaired) electrons. The van der Waals surface area contributed by atoms with E-state index < -0.39 is 0 Å². The number of nitrogens with one attached hydrogen (secondary N) is 1. The van der Waals surface area contributed by atoms with E-state index in [2.05, 4.69) is 20.8 Å². The first-order valence-corrected chi connectivity index (χ1v) is 6.13. The van der Waals surface area contributed by atoms with E-state index in [9.17, 15) is 9.18 Å². The molecule has 1 aromatic heterocycles. The Morgan fingerprint density at radius 3 is 2.67 bits per heavy atom. The van der Waals surface area contributed by atoms with Gasteiger partial charge in [0.25, 0.3) is 5.91 Å². The smallest absolute Gasteiger partial charge is 0.255 e. The number of halogens is 1. The molecule has 3 aromatic rings. The summed E-state index contributed by atoms with van der Waals surface area (Å²) in [6.07, 6.45) is 1.44. The zero-order chi connectivity index (χ0) is 14.7. The second-order valence-electron chi connectivity index (χ2n) is 4.27. The number of benzene rings is 2. The summed E-state index contributed by atoms with van der Waals surface area (Å²) in [7, 11) is 0. The zero-order valence-corrected chi connectivity index (χ0v) is 10.8. The quantitative estimate of drug-likeness (QED) is 0.798. The number of amides is 1. The zero-order valence-electron chi connectivity index (χ0n) is 10.8. The van der Waals surface area contributed by atoms with Crippen molar-refractivity contribution in [3.63, 3.8) is 0 Å². The Labute approximate surface area is 119 Å². The lowest BCUT2D eigenvalue weighted by Crippen LogP contribution is -2.12. The van der Waals surface area contributed by atoms with Crippen LogP contribution < -0.4 is 5.32 Å². The van der Waals surface area contributed by atoms with Gasteiger partial charge in [-0.1, -0.05) is 6.07 Å². The van der Waals surface area contributed by atoms with Crippen molar-refractivity contribution < 1.29 is 9.18 Å². The van der Waals surface area contributed by atoms with Gasteiger partial charge in [0.05, 0.1) is 5.69 Å². The van der Waals surface area contributed by atoms with E-state index in [-0.39, 0.29) is 11.7 Å². The van der Waals surface area contributed by atoms with Crippen LogP contribution in [0, 0.1) is 5.82 Å². The van der Waals surface area contributed by atoms with Crippen molar-refractivity contribution in [1.29, 1.82) is 0 Å². The molecule has 104 valence electrons. The molecule has 6 nitrogen and oxygen atoms in total. The molecular formula is C14H10FN5O. The van der Waals surface area contributed by atoms with Crippen LogP contribution in [0.4, 0.5) is 10.1 Å². The third-order valence-electron chi connectivity index (χ3n) is 2.82. The lowest BCUT2D eigenvalue weighted by molar-refractivity contribution is 0.102. The van der Waals surface area contributed by atoms with Gasteiger partial charge in [0.2, 0.25) is 0 Å². The number of hydrogen-bond donors (Lipinski definition) is 1. The summed E-state index contributed by atoms with van der Waals surface area (Å²) in [5.41, 5.74) is 1.65. The molecule has 21 heavy (non-hydrogen) atoms. The summed E-state index contributed by atoms with van der Waals surface area (Å²) in [5.74, 6) is -0.648. The summed E-state index contributed by atoms with van der Waals surface area (Å²) in [6.45, 7) is 0. The average Bonchev–Trinajstić information content (AvgIpc) is 3.04. The monoisotopic (exact) mass is 283 g/mol. The third-order valence-corrected chi connectivity index (χ3v) is 2.82. The van der Waals surface area contributed by atoms with E-state index in [1.165, 1.54) is 35.3 Å². The van der Waals surface area contributed by atoms with Gasteiger partial charge in [0.1, 0.15) is 12.1 Å². The first-order chi connectivity index (χ1) is 10.2. The van der Waals surface area contributed by atoms with Gasteiger partial charge in [0, 0.05) is 11.3 Å². The van der Waals surface area contributed by atoms with E-state index >= 15 is 0 Å². The normalized spacial score (nSPS) is 10.3. The molecule has 0 fully saturated rings. The van der Waals surface area contributed by atoms with Gasteiger partial charge in [-0.05, 0) is 52.9 Å². The highest BCUT2D eigenvalue weighted by Crippen LogP contribution is 2.13. The molecule has 0 aliphatic rings. The molecular weight excluding hydrogens is 273 g/mol. The minimum Gasteiger partial charge on any atom is -0.322 e. The van der Waals surface area contributed by atoms with E-state index in [4.69, 9.17) is 0 Å². The standard InChI is InChI=1S/C14H10FN5O/c15-11-4-6-12(7-5-11)17-14(21)10-2-1-3-13(8-10)20-9-16-18-19-20/h1-9H,(H,17,21). The van der Waals surface area contributed by atoms with Crippen molar-refractivity contribution >= 4 is 11.6 Å². The Bertz CT molecular complexity index is 755. The number of tetrazole rings is 1. The van der Waals surface area contributed by atoms with Crippen molar-refractivity contribution in [2.45, 2.75) is 0 Å². The van der Waals surface area contributed by atoms with Gasteiger partial charge in [-0.3, -0.25) is 4.79 Å². The summed E-state index contributed by atoms with van der Waals surface area (Å²) in [6, 6.07) is 12.4. The van der Waals surface area contributed by atoms with Crippen LogP contribution in [0.3, 0.4) is 0 Å². The van der Waals surface area contributed by atoms with Crippen LogP contribution >= 0.6 is 0 Å². The minimum absolute atomic E-state index is 0.295. The largest absolute Gasteiger partial charge is 0.322 e. The highest BCUT2D eigenvalue weighted by Gasteiger charge is 2.08. The van der Waals surface area contributed by atoms with Crippen molar-refractivity contribution in [2.24, 2.45) is 0 Å². The summed E-state index contributed by atoms with van der Waals surface area (Å²) in [4.78, 5) is 12.2. The Hall–Kier alpha value is -3.09. The molecule has 1 heterocycles. The van der Waals surface area contributed by atoms with Gasteiger partial charge in [-0.2, -0.15) is 0 Å². The molecule has 0 spiro atoms. The van der Waals surface area contributed by atoms with Crippen LogP contribution in [0.15, 0.2) is 54.9 Å². The van der Waals surface area contributed by atoms with Gasteiger partial charge >= 0.3 is 0 Å². The van der Waals surface area contributed by atoms with Crippen molar-refractivity contribution in [2.75, 3.05) is 5.32 Å². The molecule has 7 heteroatoms. The highest BCUT2D eigenvalue weighted by molar-refractivity contribution is 6.04. The fourth-order valence-electron chi connectivity index (χ4n) is 1.81. The van der Waals surface area contributed by atoms with Gasteiger partial charge < -0.3 is 5.32 Å². The molecule has 0 unspecified atom stereocenters. The number of anilines is 1. The van der Waals surface area contributed by atoms with E-state index in [1.54, 1.807) is 24.3 Å². The number of carbonyl (C=O) groups is 1. The highest BCUT2D eigenvalue weighted by atomic mass is 19.1. The lowest BCUT2D eigenvalue weighted by atomic mass is 10.2. The number of nitrogens with zero attached hydrogens (tertiary/aromatic N) is 4. The SMILES string of the molecule is O=C(Nc1ccc(F)cc1)c1cccc(-n2cnnn2)c1. The van der Waals surface area contributed by atoms with Gasteiger partial charge in [0.15, 0.2) is 0 Å². The maximum absolute atomic E-state index is 12.8. The number of carbonyl (C=O) groups excluding carboxylic acids is 1. The molecule has 0 atom stereocenters. The summed E-state index contributed by atoms with van der Waals surface area (Å²) >= 11 is 0. The van der Waals surface area contributed by atoms with E-state index in [0.717, 1.165) is 0 Å². The summed E-state index contributed by atoms with van der Waals surface area (Å²) < 4.78 is 14.3. The maximum atomic E-state index is 12.8. The number of hydrogen-bond acceptors (Lipinski definition) is 4. The second kappa shape index (κ2) is 5.49. The number of aromatic nitrogens is 4. The van der Waals surface area contributed by atoms with Crippen LogP contribution in [0.5, 0.6) is 0 Å². The molecule has 3 rings (SSSR count). The molecule has 1 amide bonds. The Balaban J connectivity index is 1.81. The lowest BCUT2D eigenvalue weighted by Gasteiger charge is -2.06. The predicted molar refractivity (Wildman–Crippen MR) is 73.5 cm³/mol. The van der Waals surface area contributed by atoms with Crippen LogP contribution in [-0.4, -0.2) is 26.1 Å². The summed E-state index contributed by atoms with van der Waals surface area (Å²) in [5, 5.41) is 13.5.